The van der Waals surface area contributed by atoms with Gasteiger partial charge in [-0.3, -0.25) is 14.8 Å². The number of rotatable bonds is 16. The highest BCUT2D eigenvalue weighted by Crippen LogP contribution is 2.72. The van der Waals surface area contributed by atoms with Crippen LogP contribution in [0.5, 0.6) is 0 Å². The second-order valence-corrected chi connectivity index (χ2v) is 32.0. The number of hydrogen-bond acceptors (Lipinski definition) is 12. The van der Waals surface area contributed by atoms with Crippen molar-refractivity contribution in [2.45, 2.75) is 157 Å². The highest BCUT2D eigenvalue weighted by Gasteiger charge is 2.66. The van der Waals surface area contributed by atoms with Crippen LogP contribution in [-0.4, -0.2) is 104 Å². The van der Waals surface area contributed by atoms with Crippen LogP contribution in [0.15, 0.2) is 60.8 Å². The average Bonchev–Trinajstić information content (AvgIpc) is 3.95. The Morgan fingerprint density at radius 2 is 1.53 bits per heavy atom. The standard InChI is InChI=1S/C56H74N8O7SSi/c1-36-40(27-57-63(36)34-55-29-53(8)28-54(9,30-55)32-56(31-53,33-55)69-23-22-62(10)50(67)71-52(5,6)7)38-19-20-41(58-46(38)48(66)70-51(2,3)4)37-18-21-43-39(26-37)45(61-64(43)35-68-24-25-73(11,12)13)47(65)60-49-59-42-16-14-15-17-44(42)72-49/h14-21,26-27H,22-25,28-35H2,1-13H3,(H,59,60,65). The van der Waals surface area contributed by atoms with Crippen LogP contribution in [0, 0.1) is 23.2 Å². The predicted octanol–water partition coefficient (Wildman–Crippen LogP) is 12.4. The van der Waals surface area contributed by atoms with Crippen molar-refractivity contribution in [1.82, 2.24) is 34.4 Å². The van der Waals surface area contributed by atoms with Crippen LogP contribution in [0.25, 0.3) is 43.5 Å². The van der Waals surface area contributed by atoms with Crippen molar-refractivity contribution in [1.29, 1.82) is 0 Å². The Bertz CT molecular complexity index is 3030. The summed E-state index contributed by atoms with van der Waals surface area (Å²) in [5, 5.41) is 13.9. The van der Waals surface area contributed by atoms with Gasteiger partial charge in [0.25, 0.3) is 5.91 Å². The van der Waals surface area contributed by atoms with Gasteiger partial charge >= 0.3 is 12.1 Å². The zero-order chi connectivity index (χ0) is 52.5. The van der Waals surface area contributed by atoms with E-state index in [0.717, 1.165) is 71.6 Å². The van der Waals surface area contributed by atoms with E-state index < -0.39 is 31.2 Å². The molecule has 0 aliphatic heterocycles. The summed E-state index contributed by atoms with van der Waals surface area (Å²) in [6.45, 7) is 27.4. The van der Waals surface area contributed by atoms with Crippen LogP contribution in [0.4, 0.5) is 9.93 Å². The van der Waals surface area contributed by atoms with Crippen LogP contribution in [0.2, 0.25) is 25.7 Å². The van der Waals surface area contributed by atoms with E-state index in [1.165, 1.54) is 11.3 Å². The van der Waals surface area contributed by atoms with E-state index in [9.17, 15) is 14.4 Å². The van der Waals surface area contributed by atoms with Crippen molar-refractivity contribution >= 4 is 63.6 Å². The van der Waals surface area contributed by atoms with Crippen molar-refractivity contribution in [3.8, 4) is 22.4 Å². The van der Waals surface area contributed by atoms with Gasteiger partial charge in [-0.2, -0.15) is 10.2 Å². The Morgan fingerprint density at radius 1 is 0.822 bits per heavy atom. The number of carbonyl (C=O) groups excluding carboxylic acids is 3. The molecule has 2 unspecified atom stereocenters. The maximum absolute atomic E-state index is 14.3. The van der Waals surface area contributed by atoms with E-state index in [4.69, 9.17) is 34.1 Å². The molecule has 2 amide bonds. The fourth-order valence-electron chi connectivity index (χ4n) is 12.7. The molecule has 4 fully saturated rings. The number of thiazole rings is 1. The molecular weight excluding hydrogens is 957 g/mol. The van der Waals surface area contributed by atoms with Gasteiger partial charge < -0.3 is 23.8 Å². The van der Waals surface area contributed by atoms with E-state index >= 15 is 0 Å². The van der Waals surface area contributed by atoms with E-state index in [2.05, 4.69) is 55.4 Å². The number of anilines is 1. The van der Waals surface area contributed by atoms with Crippen LogP contribution in [0.1, 0.15) is 121 Å². The summed E-state index contributed by atoms with van der Waals surface area (Å²) in [5.74, 6) is -0.940. The molecule has 15 nitrogen and oxygen atoms in total. The van der Waals surface area contributed by atoms with Crippen molar-refractivity contribution in [2.24, 2.45) is 16.2 Å². The molecule has 1 N–H and O–H groups in total. The van der Waals surface area contributed by atoms with Crippen LogP contribution >= 0.6 is 11.3 Å². The summed E-state index contributed by atoms with van der Waals surface area (Å²) in [6, 6.07) is 18.4. The van der Waals surface area contributed by atoms with Crippen LogP contribution < -0.4 is 5.32 Å². The molecule has 4 aromatic heterocycles. The topological polar surface area (TPSA) is 165 Å². The molecule has 4 saturated carbocycles. The lowest BCUT2D eigenvalue weighted by Gasteiger charge is -2.69. The number of pyridine rings is 1. The molecule has 17 heteroatoms. The van der Waals surface area contributed by atoms with E-state index in [-0.39, 0.29) is 46.1 Å². The van der Waals surface area contributed by atoms with Gasteiger partial charge in [0.1, 0.15) is 17.9 Å². The van der Waals surface area contributed by atoms with Gasteiger partial charge in [0.05, 0.1) is 39.8 Å². The fraction of sp³-hybridized carbons (Fsp3) is 0.554. The Morgan fingerprint density at radius 3 is 2.22 bits per heavy atom. The minimum Gasteiger partial charge on any atom is -0.455 e. The number of nitrogens with zero attached hydrogens (tertiary/aromatic N) is 7. The number of aromatic nitrogens is 6. The number of amides is 2. The van der Waals surface area contributed by atoms with Gasteiger partial charge in [-0.05, 0) is 146 Å². The Hall–Kier alpha value is -5.49. The van der Waals surface area contributed by atoms with Gasteiger partial charge in [0.15, 0.2) is 16.5 Å². The second kappa shape index (κ2) is 19.0. The third-order valence-electron chi connectivity index (χ3n) is 14.5. The Kier molecular flexibility index (Phi) is 13.6. The van der Waals surface area contributed by atoms with Crippen LogP contribution in [0.3, 0.4) is 0 Å². The number of likely N-dealkylation sites (N-methyl/N-ethyl adjacent to an activating group) is 1. The monoisotopic (exact) mass is 1030 g/mol. The maximum Gasteiger partial charge on any atom is 0.410 e. The summed E-state index contributed by atoms with van der Waals surface area (Å²) >= 11 is 1.40. The molecule has 73 heavy (non-hydrogen) atoms. The molecular formula is C56H74N8O7SSi. The van der Waals surface area contributed by atoms with Gasteiger partial charge in [-0.25, -0.2) is 24.2 Å². The highest BCUT2D eigenvalue weighted by molar-refractivity contribution is 7.22. The predicted molar refractivity (Wildman–Crippen MR) is 290 cm³/mol. The lowest BCUT2D eigenvalue weighted by atomic mass is 9.39. The molecule has 0 radical (unpaired) electrons. The molecule has 10 rings (SSSR count). The van der Waals surface area contributed by atoms with Gasteiger partial charge in [0.2, 0.25) is 0 Å². The molecule has 2 atom stereocenters. The zero-order valence-corrected chi connectivity index (χ0v) is 47.0. The first-order valence-electron chi connectivity index (χ1n) is 25.7. The quantitative estimate of drug-likeness (QED) is 0.0557. The third kappa shape index (κ3) is 11.6. The molecule has 4 aliphatic carbocycles. The summed E-state index contributed by atoms with van der Waals surface area (Å²) in [5.41, 5.74) is 4.03. The van der Waals surface area contributed by atoms with E-state index in [1.54, 1.807) is 16.6 Å². The van der Waals surface area contributed by atoms with Crippen molar-refractivity contribution in [2.75, 3.05) is 32.1 Å². The third-order valence-corrected chi connectivity index (χ3v) is 17.2. The average molecular weight is 1030 g/mol. The summed E-state index contributed by atoms with van der Waals surface area (Å²) in [6.07, 6.45) is 7.72. The second-order valence-electron chi connectivity index (χ2n) is 25.4. The van der Waals surface area contributed by atoms with Crippen molar-refractivity contribution in [3.05, 3.63) is 77.9 Å². The Balaban J connectivity index is 1.01. The molecule has 6 aromatic rings. The lowest BCUT2D eigenvalue weighted by Crippen LogP contribution is -2.64. The number of fused-ring (bicyclic) bond motifs is 2. The molecule has 4 aliphatic rings. The molecule has 2 aromatic carbocycles. The first-order chi connectivity index (χ1) is 34.1. The summed E-state index contributed by atoms with van der Waals surface area (Å²) in [7, 11) is 0.428. The van der Waals surface area contributed by atoms with Crippen LogP contribution in [-0.2, 0) is 32.2 Å². The van der Waals surface area contributed by atoms with Crippen molar-refractivity contribution < 1.29 is 33.3 Å². The number of benzene rings is 2. The molecule has 390 valence electrons. The number of ether oxygens (including phenoxy) is 4. The first kappa shape index (κ1) is 52.4. The molecule has 0 saturated heterocycles. The number of carbonyl (C=O) groups is 3. The normalized spacial score (nSPS) is 22.8. The van der Waals surface area contributed by atoms with E-state index in [1.807, 2.05) is 102 Å². The zero-order valence-electron chi connectivity index (χ0n) is 45.2. The lowest BCUT2D eigenvalue weighted by molar-refractivity contribution is -0.248. The minimum atomic E-state index is -1.34. The van der Waals surface area contributed by atoms with Crippen molar-refractivity contribution in [3.63, 3.8) is 0 Å². The first-order valence-corrected chi connectivity index (χ1v) is 30.2. The van der Waals surface area contributed by atoms with Gasteiger partial charge in [-0.15, -0.1) is 0 Å². The van der Waals surface area contributed by atoms with E-state index in [0.29, 0.717) is 53.6 Å². The summed E-state index contributed by atoms with van der Waals surface area (Å²) in [4.78, 5) is 52.6. The molecule has 4 heterocycles. The summed E-state index contributed by atoms with van der Waals surface area (Å²) < 4.78 is 29.6. The largest absolute Gasteiger partial charge is 0.455 e. The number of esters is 1. The smallest absolute Gasteiger partial charge is 0.410 e. The highest BCUT2D eigenvalue weighted by atomic mass is 32.1. The fourth-order valence-corrected chi connectivity index (χ4v) is 14.3. The number of nitrogens with one attached hydrogen (secondary N) is 1. The van der Waals surface area contributed by atoms with Gasteiger partial charge in [-0.1, -0.05) is 63.0 Å². The maximum atomic E-state index is 14.3. The number of para-hydroxylation sites is 1. The molecule has 4 bridgehead atoms. The SMILES string of the molecule is Cc1c(-c2ccc(-c3ccc4c(c3)c(C(=O)Nc3nc5ccccc5s3)nn4COCC[Si](C)(C)C)nc2C(=O)OC(C)(C)C)cnn1CC12CC3(C)CC(C)(C1)CC(OCCN(C)C(=O)OC(C)(C)C)(C3)C2. The molecule has 0 spiro atoms. The number of hydrogen-bond donors (Lipinski definition) is 1. The van der Waals surface area contributed by atoms with Gasteiger partial charge in [0, 0.05) is 62.6 Å². The Labute approximate surface area is 434 Å². The minimum absolute atomic E-state index is 0.0594.